The van der Waals surface area contributed by atoms with Crippen LogP contribution < -0.4 is 15.0 Å². The molecule has 0 aliphatic rings. The van der Waals surface area contributed by atoms with E-state index in [2.05, 4.69) is 20.3 Å². The van der Waals surface area contributed by atoms with Gasteiger partial charge in [-0.05, 0) is 19.1 Å². The molecule has 0 radical (unpaired) electrons. The van der Waals surface area contributed by atoms with E-state index in [0.717, 1.165) is 0 Å². The number of para-hydroxylation sites is 1. The highest BCUT2D eigenvalue weighted by Gasteiger charge is 2.14. The summed E-state index contributed by atoms with van der Waals surface area (Å²) < 4.78 is 19.1. The van der Waals surface area contributed by atoms with Gasteiger partial charge in [0.2, 0.25) is 11.9 Å². The summed E-state index contributed by atoms with van der Waals surface area (Å²) >= 11 is 0. The predicted molar refractivity (Wildman–Crippen MR) is 75.0 cm³/mol. The van der Waals surface area contributed by atoms with Crippen LogP contribution in [-0.4, -0.2) is 35.7 Å². The Morgan fingerprint density at radius 3 is 2.65 bits per heavy atom. The molecule has 2 aromatic rings. The fourth-order valence-corrected chi connectivity index (χ4v) is 1.63. The van der Waals surface area contributed by atoms with Crippen molar-refractivity contribution in [2.75, 3.05) is 30.9 Å². The maximum atomic E-state index is 13.8. The van der Waals surface area contributed by atoms with E-state index in [9.17, 15) is 4.39 Å². The molecule has 0 saturated heterocycles. The van der Waals surface area contributed by atoms with E-state index >= 15 is 0 Å². The number of ether oxygens (including phenoxy) is 1. The van der Waals surface area contributed by atoms with Crippen molar-refractivity contribution in [3.63, 3.8) is 0 Å². The fourth-order valence-electron chi connectivity index (χ4n) is 1.63. The highest BCUT2D eigenvalue weighted by atomic mass is 19.1. The van der Waals surface area contributed by atoms with Gasteiger partial charge in [-0.2, -0.15) is 15.0 Å². The SMILES string of the molecule is CCOc1nc(NC)nc(N(C)c2ccccc2F)n1. The van der Waals surface area contributed by atoms with Crippen molar-refractivity contribution >= 4 is 17.6 Å². The van der Waals surface area contributed by atoms with Crippen LogP contribution in [0.5, 0.6) is 6.01 Å². The van der Waals surface area contributed by atoms with Gasteiger partial charge in [-0.1, -0.05) is 12.1 Å². The lowest BCUT2D eigenvalue weighted by molar-refractivity contribution is 0.312. The summed E-state index contributed by atoms with van der Waals surface area (Å²) in [6.45, 7) is 2.28. The van der Waals surface area contributed by atoms with Crippen LogP contribution in [0, 0.1) is 5.82 Å². The van der Waals surface area contributed by atoms with Gasteiger partial charge in [0, 0.05) is 14.1 Å². The number of nitrogens with zero attached hydrogens (tertiary/aromatic N) is 4. The predicted octanol–water partition coefficient (Wildman–Crippen LogP) is 2.22. The van der Waals surface area contributed by atoms with Gasteiger partial charge in [-0.15, -0.1) is 0 Å². The molecule has 0 bridgehead atoms. The average molecular weight is 277 g/mol. The van der Waals surface area contributed by atoms with Crippen molar-refractivity contribution in [1.29, 1.82) is 0 Å². The molecule has 0 saturated carbocycles. The minimum absolute atomic E-state index is 0.199. The second-order valence-electron chi connectivity index (χ2n) is 3.94. The first-order valence-corrected chi connectivity index (χ1v) is 6.20. The molecule has 1 aromatic carbocycles. The number of benzene rings is 1. The summed E-state index contributed by atoms with van der Waals surface area (Å²) in [4.78, 5) is 14.0. The van der Waals surface area contributed by atoms with Crippen LogP contribution in [0.3, 0.4) is 0 Å². The van der Waals surface area contributed by atoms with Gasteiger partial charge in [-0.25, -0.2) is 4.39 Å². The first-order chi connectivity index (χ1) is 9.65. The van der Waals surface area contributed by atoms with Gasteiger partial charge < -0.3 is 15.0 Å². The topological polar surface area (TPSA) is 63.2 Å². The Balaban J connectivity index is 2.40. The largest absolute Gasteiger partial charge is 0.464 e. The molecule has 6 nitrogen and oxygen atoms in total. The number of anilines is 3. The van der Waals surface area contributed by atoms with E-state index in [-0.39, 0.29) is 11.8 Å². The van der Waals surface area contributed by atoms with Crippen LogP contribution in [0.1, 0.15) is 6.92 Å². The highest BCUT2D eigenvalue weighted by molar-refractivity contribution is 5.57. The molecule has 7 heteroatoms. The molecule has 0 unspecified atom stereocenters. The van der Waals surface area contributed by atoms with E-state index in [1.165, 1.54) is 6.07 Å². The smallest absolute Gasteiger partial charge is 0.323 e. The standard InChI is InChI=1S/C13H16FN5O/c1-4-20-13-17-11(15-2)16-12(18-13)19(3)10-8-6-5-7-9(10)14/h5-8H,4H2,1-3H3,(H,15,16,17,18). The molecular weight excluding hydrogens is 261 g/mol. The molecule has 1 heterocycles. The Bertz CT molecular complexity index is 593. The summed E-state index contributed by atoms with van der Waals surface area (Å²) in [6, 6.07) is 6.61. The third kappa shape index (κ3) is 2.93. The van der Waals surface area contributed by atoms with Crippen LogP contribution in [0.25, 0.3) is 0 Å². The van der Waals surface area contributed by atoms with E-state index in [1.54, 1.807) is 37.2 Å². The zero-order chi connectivity index (χ0) is 14.5. The molecule has 0 spiro atoms. The molecule has 2 rings (SSSR count). The molecule has 0 aliphatic heterocycles. The zero-order valence-corrected chi connectivity index (χ0v) is 11.6. The fraction of sp³-hybridized carbons (Fsp3) is 0.308. The number of aromatic nitrogens is 3. The Hall–Kier alpha value is -2.44. The normalized spacial score (nSPS) is 10.2. The molecular formula is C13H16FN5O. The molecule has 1 aromatic heterocycles. The summed E-state index contributed by atoms with van der Waals surface area (Å²) in [6.07, 6.45) is 0. The van der Waals surface area contributed by atoms with Gasteiger partial charge in [0.1, 0.15) is 5.82 Å². The zero-order valence-electron chi connectivity index (χ0n) is 11.6. The third-order valence-electron chi connectivity index (χ3n) is 2.61. The first-order valence-electron chi connectivity index (χ1n) is 6.20. The number of hydrogen-bond donors (Lipinski definition) is 1. The van der Waals surface area contributed by atoms with Gasteiger partial charge in [-0.3, -0.25) is 0 Å². The van der Waals surface area contributed by atoms with Crippen molar-refractivity contribution < 1.29 is 9.13 Å². The minimum atomic E-state index is -0.348. The van der Waals surface area contributed by atoms with Gasteiger partial charge in [0.05, 0.1) is 12.3 Å². The molecule has 1 N–H and O–H groups in total. The number of hydrogen-bond acceptors (Lipinski definition) is 6. The Labute approximate surface area is 116 Å². The quantitative estimate of drug-likeness (QED) is 0.904. The Morgan fingerprint density at radius 1 is 1.25 bits per heavy atom. The average Bonchev–Trinajstić information content (AvgIpc) is 2.47. The lowest BCUT2D eigenvalue weighted by Crippen LogP contribution is -2.16. The molecule has 20 heavy (non-hydrogen) atoms. The molecule has 0 amide bonds. The molecule has 0 aliphatic carbocycles. The van der Waals surface area contributed by atoms with E-state index in [1.807, 2.05) is 6.92 Å². The van der Waals surface area contributed by atoms with Gasteiger partial charge in [0.25, 0.3) is 0 Å². The van der Waals surface area contributed by atoms with E-state index in [4.69, 9.17) is 4.74 Å². The van der Waals surface area contributed by atoms with E-state index < -0.39 is 0 Å². The van der Waals surface area contributed by atoms with Crippen molar-refractivity contribution in [3.05, 3.63) is 30.1 Å². The lowest BCUT2D eigenvalue weighted by Gasteiger charge is -2.18. The molecule has 0 atom stereocenters. The Morgan fingerprint density at radius 2 is 2.00 bits per heavy atom. The number of halogens is 1. The van der Waals surface area contributed by atoms with Crippen LogP contribution in [0.4, 0.5) is 22.0 Å². The first kappa shape index (κ1) is 14.0. The minimum Gasteiger partial charge on any atom is -0.464 e. The van der Waals surface area contributed by atoms with Crippen LogP contribution >= 0.6 is 0 Å². The number of nitrogens with one attached hydrogen (secondary N) is 1. The van der Waals surface area contributed by atoms with Crippen molar-refractivity contribution in [3.8, 4) is 6.01 Å². The van der Waals surface area contributed by atoms with Crippen molar-refractivity contribution in [1.82, 2.24) is 15.0 Å². The monoisotopic (exact) mass is 277 g/mol. The van der Waals surface area contributed by atoms with Gasteiger partial charge >= 0.3 is 6.01 Å². The molecule has 106 valence electrons. The number of rotatable bonds is 5. The highest BCUT2D eigenvalue weighted by Crippen LogP contribution is 2.24. The van der Waals surface area contributed by atoms with Crippen molar-refractivity contribution in [2.24, 2.45) is 0 Å². The van der Waals surface area contributed by atoms with Crippen LogP contribution in [-0.2, 0) is 0 Å². The summed E-state index contributed by atoms with van der Waals surface area (Å²) in [5.41, 5.74) is 0.378. The van der Waals surface area contributed by atoms with Crippen LogP contribution in [0.2, 0.25) is 0 Å². The maximum Gasteiger partial charge on any atom is 0.323 e. The second-order valence-corrected chi connectivity index (χ2v) is 3.94. The second kappa shape index (κ2) is 6.14. The maximum absolute atomic E-state index is 13.8. The van der Waals surface area contributed by atoms with Crippen molar-refractivity contribution in [2.45, 2.75) is 6.92 Å². The van der Waals surface area contributed by atoms with E-state index in [0.29, 0.717) is 24.2 Å². The van der Waals surface area contributed by atoms with Gasteiger partial charge in [0.15, 0.2) is 0 Å². The summed E-state index contributed by atoms with van der Waals surface area (Å²) in [5, 5.41) is 2.82. The third-order valence-corrected chi connectivity index (χ3v) is 2.61. The Kier molecular flexibility index (Phi) is 4.29. The summed E-state index contributed by atoms with van der Waals surface area (Å²) in [5.74, 6) is 0.318. The summed E-state index contributed by atoms with van der Waals surface area (Å²) in [7, 11) is 3.38. The lowest BCUT2D eigenvalue weighted by atomic mass is 10.3. The van der Waals surface area contributed by atoms with Crippen LogP contribution in [0.15, 0.2) is 24.3 Å². The molecule has 0 fully saturated rings.